The number of likely N-dealkylation sites (tertiary alicyclic amines) is 2. The van der Waals surface area contributed by atoms with Crippen LogP contribution in [0.4, 0.5) is 10.5 Å². The van der Waals surface area contributed by atoms with Crippen LogP contribution in [0.3, 0.4) is 0 Å². The number of amides is 3. The molecule has 2 aliphatic rings. The molecule has 3 amide bonds. The van der Waals surface area contributed by atoms with E-state index in [9.17, 15) is 19.8 Å². The number of piperidine rings is 1. The van der Waals surface area contributed by atoms with E-state index in [-0.39, 0.29) is 34.7 Å². The molecule has 0 bridgehead atoms. The number of aromatic hydroxyl groups is 2. The standard InChI is InChI=1S/C28H37N5O4/c1-18(2)22-15-23(25(35)16-24(22)34)26(29)33(28(30)37)21-7-5-19(6-8-21)17-31-13-9-20(10-14-31)27(36)32-11-3-4-12-32/h5-8,15-16,18,20,29,34-35H,3-4,9-14,17H2,1-2H3,(H2,30,37). The van der Waals surface area contributed by atoms with E-state index < -0.39 is 6.03 Å². The third-order valence-corrected chi connectivity index (χ3v) is 7.42. The Morgan fingerprint density at radius 3 is 2.22 bits per heavy atom. The predicted molar refractivity (Wildman–Crippen MR) is 143 cm³/mol. The molecule has 5 N–H and O–H groups in total. The molecule has 0 aromatic heterocycles. The number of amidine groups is 1. The Morgan fingerprint density at radius 2 is 1.65 bits per heavy atom. The minimum absolute atomic E-state index is 0.0446. The van der Waals surface area contributed by atoms with Crippen molar-refractivity contribution in [1.82, 2.24) is 9.80 Å². The van der Waals surface area contributed by atoms with Crippen LogP contribution in [0.25, 0.3) is 0 Å². The monoisotopic (exact) mass is 507 g/mol. The molecule has 9 heteroatoms. The van der Waals surface area contributed by atoms with Gasteiger partial charge in [-0.2, -0.15) is 0 Å². The van der Waals surface area contributed by atoms with Crippen molar-refractivity contribution in [2.75, 3.05) is 31.1 Å². The topological polar surface area (TPSA) is 134 Å². The van der Waals surface area contributed by atoms with Gasteiger partial charge in [0, 0.05) is 31.6 Å². The number of urea groups is 1. The maximum Gasteiger partial charge on any atom is 0.325 e. The summed E-state index contributed by atoms with van der Waals surface area (Å²) in [5, 5.41) is 29.1. The van der Waals surface area contributed by atoms with Crippen LogP contribution in [0.2, 0.25) is 0 Å². The van der Waals surface area contributed by atoms with E-state index >= 15 is 0 Å². The number of phenols is 2. The average molecular weight is 508 g/mol. The molecular formula is C28H37N5O4. The molecule has 0 radical (unpaired) electrons. The number of carbonyl (C=O) groups is 2. The summed E-state index contributed by atoms with van der Waals surface area (Å²) in [6.45, 7) is 8.03. The second-order valence-electron chi connectivity index (χ2n) is 10.4. The number of benzene rings is 2. The fraction of sp³-hybridized carbons (Fsp3) is 0.464. The second-order valence-corrected chi connectivity index (χ2v) is 10.4. The van der Waals surface area contributed by atoms with Crippen molar-refractivity contribution in [2.24, 2.45) is 11.7 Å². The van der Waals surface area contributed by atoms with Gasteiger partial charge in [-0.25, -0.2) is 9.69 Å². The number of hydrogen-bond acceptors (Lipinski definition) is 6. The SMILES string of the molecule is CC(C)c1cc(C(=N)N(C(N)=O)c2ccc(CN3CCC(C(=O)N4CCCC4)CC3)cc2)c(O)cc1O. The van der Waals surface area contributed by atoms with Gasteiger partial charge in [-0.15, -0.1) is 0 Å². The van der Waals surface area contributed by atoms with Gasteiger partial charge >= 0.3 is 6.03 Å². The zero-order valence-electron chi connectivity index (χ0n) is 21.6. The Balaban J connectivity index is 1.42. The average Bonchev–Trinajstić information content (AvgIpc) is 3.40. The molecule has 2 aromatic carbocycles. The molecule has 37 heavy (non-hydrogen) atoms. The molecule has 2 aliphatic heterocycles. The van der Waals surface area contributed by atoms with Crippen molar-refractivity contribution in [3.63, 3.8) is 0 Å². The number of carbonyl (C=O) groups excluding carboxylic acids is 2. The number of hydrogen-bond donors (Lipinski definition) is 4. The lowest BCUT2D eigenvalue weighted by Gasteiger charge is -2.33. The Kier molecular flexibility index (Phi) is 8.02. The first-order valence-electron chi connectivity index (χ1n) is 13.0. The maximum atomic E-state index is 12.7. The molecule has 2 fully saturated rings. The van der Waals surface area contributed by atoms with Gasteiger partial charge in [0.25, 0.3) is 0 Å². The van der Waals surface area contributed by atoms with Crippen molar-refractivity contribution < 1.29 is 19.8 Å². The lowest BCUT2D eigenvalue weighted by atomic mass is 9.95. The van der Waals surface area contributed by atoms with E-state index in [1.165, 1.54) is 12.1 Å². The molecule has 0 unspecified atom stereocenters. The molecular weight excluding hydrogens is 470 g/mol. The van der Waals surface area contributed by atoms with Crippen LogP contribution < -0.4 is 10.6 Å². The predicted octanol–water partition coefficient (Wildman–Crippen LogP) is 3.97. The molecule has 0 saturated carbocycles. The first-order chi connectivity index (χ1) is 17.7. The first kappa shape index (κ1) is 26.5. The van der Waals surface area contributed by atoms with E-state index in [1.807, 2.05) is 30.9 Å². The van der Waals surface area contributed by atoms with Gasteiger partial charge < -0.3 is 20.8 Å². The summed E-state index contributed by atoms with van der Waals surface area (Å²) in [7, 11) is 0. The number of nitrogens with zero attached hydrogens (tertiary/aromatic N) is 3. The molecule has 0 spiro atoms. The van der Waals surface area contributed by atoms with Gasteiger partial charge in [0.1, 0.15) is 17.3 Å². The highest BCUT2D eigenvalue weighted by atomic mass is 16.3. The molecule has 2 heterocycles. The van der Waals surface area contributed by atoms with Gasteiger partial charge in [0.15, 0.2) is 0 Å². The first-order valence-corrected chi connectivity index (χ1v) is 13.0. The number of primary amides is 1. The fourth-order valence-corrected chi connectivity index (χ4v) is 5.28. The van der Waals surface area contributed by atoms with Gasteiger partial charge in [-0.3, -0.25) is 15.1 Å². The van der Waals surface area contributed by atoms with Crippen molar-refractivity contribution in [3.8, 4) is 11.5 Å². The highest BCUT2D eigenvalue weighted by Crippen LogP contribution is 2.33. The fourth-order valence-electron chi connectivity index (χ4n) is 5.28. The summed E-state index contributed by atoms with van der Waals surface area (Å²) in [4.78, 5) is 30.4. The van der Waals surface area contributed by atoms with Crippen LogP contribution in [0.15, 0.2) is 36.4 Å². The van der Waals surface area contributed by atoms with Crippen LogP contribution in [-0.2, 0) is 11.3 Å². The van der Waals surface area contributed by atoms with Crippen LogP contribution in [-0.4, -0.2) is 64.0 Å². The number of phenolic OH excluding ortho intramolecular Hbond substituents is 2. The molecule has 4 rings (SSSR count). The summed E-state index contributed by atoms with van der Waals surface area (Å²) >= 11 is 0. The summed E-state index contributed by atoms with van der Waals surface area (Å²) in [5.74, 6) is -0.249. The number of anilines is 1. The highest BCUT2D eigenvalue weighted by Gasteiger charge is 2.30. The number of rotatable bonds is 6. The minimum atomic E-state index is -0.846. The van der Waals surface area contributed by atoms with E-state index in [0.717, 1.165) is 68.9 Å². The Morgan fingerprint density at radius 1 is 1.03 bits per heavy atom. The third-order valence-electron chi connectivity index (χ3n) is 7.42. The number of nitrogens with two attached hydrogens (primary N) is 1. The lowest BCUT2D eigenvalue weighted by molar-refractivity contribution is -0.136. The number of nitrogens with one attached hydrogen (secondary N) is 1. The third kappa shape index (κ3) is 5.88. The van der Waals surface area contributed by atoms with Crippen molar-refractivity contribution in [1.29, 1.82) is 5.41 Å². The van der Waals surface area contributed by atoms with E-state index in [2.05, 4.69) is 4.90 Å². The van der Waals surface area contributed by atoms with Crippen LogP contribution >= 0.6 is 0 Å². The summed E-state index contributed by atoms with van der Waals surface area (Å²) < 4.78 is 0. The van der Waals surface area contributed by atoms with Gasteiger partial charge in [0.05, 0.1) is 11.3 Å². The Labute approximate surface area is 218 Å². The molecule has 9 nitrogen and oxygen atoms in total. The molecule has 0 aliphatic carbocycles. The van der Waals surface area contributed by atoms with Gasteiger partial charge in [-0.1, -0.05) is 26.0 Å². The van der Waals surface area contributed by atoms with Crippen molar-refractivity contribution in [3.05, 3.63) is 53.1 Å². The normalized spacial score (nSPS) is 16.8. The molecule has 0 atom stereocenters. The van der Waals surface area contributed by atoms with Crippen molar-refractivity contribution >= 4 is 23.5 Å². The summed E-state index contributed by atoms with van der Waals surface area (Å²) in [5.41, 5.74) is 7.76. The van der Waals surface area contributed by atoms with Crippen LogP contribution in [0.1, 0.15) is 62.1 Å². The summed E-state index contributed by atoms with van der Waals surface area (Å²) in [6, 6.07) is 9.12. The zero-order chi connectivity index (χ0) is 26.7. The molecule has 2 aromatic rings. The zero-order valence-corrected chi connectivity index (χ0v) is 21.6. The molecule has 2 saturated heterocycles. The lowest BCUT2D eigenvalue weighted by Crippen LogP contribution is -2.41. The quantitative estimate of drug-likeness (QED) is 0.347. The van der Waals surface area contributed by atoms with Gasteiger partial charge in [0.2, 0.25) is 5.91 Å². The summed E-state index contributed by atoms with van der Waals surface area (Å²) in [6.07, 6.45) is 3.97. The van der Waals surface area contributed by atoms with E-state index in [4.69, 9.17) is 11.1 Å². The maximum absolute atomic E-state index is 12.7. The van der Waals surface area contributed by atoms with Crippen molar-refractivity contribution in [2.45, 2.75) is 52.0 Å². The van der Waals surface area contributed by atoms with Gasteiger partial charge in [-0.05, 0) is 74.0 Å². The van der Waals surface area contributed by atoms with E-state index in [1.54, 1.807) is 12.1 Å². The Bertz CT molecular complexity index is 1150. The van der Waals surface area contributed by atoms with Crippen LogP contribution in [0, 0.1) is 11.3 Å². The smallest absolute Gasteiger partial charge is 0.325 e. The van der Waals surface area contributed by atoms with E-state index in [0.29, 0.717) is 17.2 Å². The van der Waals surface area contributed by atoms with Crippen LogP contribution in [0.5, 0.6) is 11.5 Å². The largest absolute Gasteiger partial charge is 0.508 e. The minimum Gasteiger partial charge on any atom is -0.508 e. The highest BCUT2D eigenvalue weighted by molar-refractivity contribution is 6.22. The molecule has 198 valence electrons. The second kappa shape index (κ2) is 11.2. The Hall–Kier alpha value is -3.59.